The lowest BCUT2D eigenvalue weighted by molar-refractivity contribution is 0.107. The maximum Gasteiger partial charge on any atom is 0.0586 e. The van der Waals surface area contributed by atoms with Crippen LogP contribution in [0.2, 0.25) is 0 Å². The molecule has 4 heteroatoms. The molecule has 2 unspecified atom stereocenters. The van der Waals surface area contributed by atoms with E-state index in [0.717, 1.165) is 18.7 Å². The molecule has 0 aromatic carbocycles. The number of hydrogen-bond acceptors (Lipinski definition) is 4. The maximum absolute atomic E-state index is 5.82. The van der Waals surface area contributed by atoms with Crippen LogP contribution in [0, 0.1) is 0 Å². The van der Waals surface area contributed by atoms with E-state index in [1.807, 2.05) is 11.4 Å². The first kappa shape index (κ1) is 10.9. The molecule has 3 N–H and O–H groups in total. The fourth-order valence-corrected chi connectivity index (χ4v) is 2.82. The van der Waals surface area contributed by atoms with Gasteiger partial charge in [0.2, 0.25) is 0 Å². The van der Waals surface area contributed by atoms with E-state index in [1.54, 1.807) is 18.4 Å². The summed E-state index contributed by atoms with van der Waals surface area (Å²) < 4.78 is 5.34. The second kappa shape index (κ2) is 4.96. The average Bonchev–Trinajstić information content (AvgIpc) is 2.84. The Morgan fingerprint density at radius 1 is 1.60 bits per heavy atom. The Morgan fingerprint density at radius 3 is 3.07 bits per heavy atom. The predicted molar refractivity (Wildman–Crippen MR) is 64.0 cm³/mol. The van der Waals surface area contributed by atoms with E-state index in [-0.39, 0.29) is 0 Å². The molecule has 3 nitrogen and oxygen atoms in total. The van der Waals surface area contributed by atoms with Crippen LogP contribution in [-0.4, -0.2) is 19.3 Å². The molecule has 0 bridgehead atoms. The number of rotatable bonds is 4. The van der Waals surface area contributed by atoms with Crippen LogP contribution in [0.4, 0.5) is 5.69 Å². The highest BCUT2D eigenvalue weighted by molar-refractivity contribution is 7.10. The lowest BCUT2D eigenvalue weighted by atomic mass is 10.2. The van der Waals surface area contributed by atoms with Gasteiger partial charge in [-0.2, -0.15) is 0 Å². The minimum Gasteiger partial charge on any atom is -0.398 e. The van der Waals surface area contributed by atoms with Crippen molar-refractivity contribution in [1.29, 1.82) is 0 Å². The van der Waals surface area contributed by atoms with Crippen LogP contribution in [0.15, 0.2) is 11.4 Å². The van der Waals surface area contributed by atoms with Gasteiger partial charge in [-0.05, 0) is 30.7 Å². The molecule has 0 aliphatic heterocycles. The van der Waals surface area contributed by atoms with E-state index in [9.17, 15) is 0 Å². The lowest BCUT2D eigenvalue weighted by Crippen LogP contribution is -2.26. The van der Waals surface area contributed by atoms with Crippen LogP contribution in [0.5, 0.6) is 0 Å². The number of hydrogen-bond donors (Lipinski definition) is 2. The summed E-state index contributed by atoms with van der Waals surface area (Å²) in [6, 6.07) is 2.56. The number of thiophene rings is 1. The first-order chi connectivity index (χ1) is 7.29. The largest absolute Gasteiger partial charge is 0.398 e. The van der Waals surface area contributed by atoms with E-state index in [2.05, 4.69) is 5.32 Å². The summed E-state index contributed by atoms with van der Waals surface area (Å²) in [5.41, 5.74) is 6.74. The summed E-state index contributed by atoms with van der Waals surface area (Å²) >= 11 is 1.72. The minimum absolute atomic E-state index is 0.447. The van der Waals surface area contributed by atoms with Crippen molar-refractivity contribution in [2.45, 2.75) is 38.0 Å². The van der Waals surface area contributed by atoms with Gasteiger partial charge < -0.3 is 15.8 Å². The number of nitrogen functional groups attached to an aromatic ring is 1. The molecule has 0 saturated heterocycles. The van der Waals surface area contributed by atoms with Gasteiger partial charge in [0.05, 0.1) is 6.10 Å². The van der Waals surface area contributed by atoms with E-state index >= 15 is 0 Å². The highest BCUT2D eigenvalue weighted by atomic mass is 32.1. The monoisotopic (exact) mass is 226 g/mol. The van der Waals surface area contributed by atoms with Gasteiger partial charge in [0, 0.05) is 30.3 Å². The Balaban J connectivity index is 1.77. The van der Waals surface area contributed by atoms with Crippen LogP contribution in [0.3, 0.4) is 0 Å². The minimum atomic E-state index is 0.447. The summed E-state index contributed by atoms with van der Waals surface area (Å²) in [6.45, 7) is 0.893. The molecule has 1 aliphatic carbocycles. The molecule has 2 rings (SSSR count). The second-order valence-electron chi connectivity index (χ2n) is 4.05. The van der Waals surface area contributed by atoms with Crippen molar-refractivity contribution in [3.05, 3.63) is 16.3 Å². The smallest absolute Gasteiger partial charge is 0.0586 e. The first-order valence-corrected chi connectivity index (χ1v) is 6.25. The van der Waals surface area contributed by atoms with Crippen LogP contribution in [0.1, 0.15) is 24.1 Å². The molecule has 15 heavy (non-hydrogen) atoms. The van der Waals surface area contributed by atoms with Gasteiger partial charge >= 0.3 is 0 Å². The van der Waals surface area contributed by atoms with Crippen molar-refractivity contribution in [3.63, 3.8) is 0 Å². The quantitative estimate of drug-likeness (QED) is 0.825. The summed E-state index contributed by atoms with van der Waals surface area (Å²) in [7, 11) is 1.80. The average molecular weight is 226 g/mol. The standard InChI is InChI=1S/C11H18N2OS/c1-14-9-3-2-8(6-9)13-7-11-10(12)4-5-15-11/h4-5,8-9,13H,2-3,6-7,12H2,1H3. The molecule has 0 amide bonds. The first-order valence-electron chi connectivity index (χ1n) is 5.37. The van der Waals surface area contributed by atoms with E-state index in [0.29, 0.717) is 12.1 Å². The molecule has 1 heterocycles. The lowest BCUT2D eigenvalue weighted by Gasteiger charge is -2.12. The van der Waals surface area contributed by atoms with Crippen LogP contribution >= 0.6 is 11.3 Å². The highest BCUT2D eigenvalue weighted by Crippen LogP contribution is 2.23. The normalized spacial score (nSPS) is 25.9. The topological polar surface area (TPSA) is 47.3 Å². The summed E-state index contributed by atoms with van der Waals surface area (Å²) in [6.07, 6.45) is 3.96. The molecule has 2 atom stereocenters. The Morgan fingerprint density at radius 2 is 2.47 bits per heavy atom. The second-order valence-corrected chi connectivity index (χ2v) is 5.05. The Hall–Kier alpha value is -0.580. The third-order valence-electron chi connectivity index (χ3n) is 3.05. The molecule has 0 radical (unpaired) electrons. The third-order valence-corrected chi connectivity index (χ3v) is 3.99. The van der Waals surface area contributed by atoms with E-state index < -0.39 is 0 Å². The molecule has 1 fully saturated rings. The van der Waals surface area contributed by atoms with Gasteiger partial charge in [0.1, 0.15) is 0 Å². The Kier molecular flexibility index (Phi) is 3.61. The predicted octanol–water partition coefficient (Wildman–Crippen LogP) is 1.99. The van der Waals surface area contributed by atoms with Crippen molar-refractivity contribution in [3.8, 4) is 0 Å². The molecular formula is C11H18N2OS. The zero-order valence-corrected chi connectivity index (χ0v) is 9.85. The van der Waals surface area contributed by atoms with E-state index in [1.165, 1.54) is 17.7 Å². The van der Waals surface area contributed by atoms with Crippen molar-refractivity contribution in [2.75, 3.05) is 12.8 Å². The van der Waals surface area contributed by atoms with Gasteiger partial charge in [-0.3, -0.25) is 0 Å². The molecular weight excluding hydrogens is 208 g/mol. The molecule has 0 spiro atoms. The third kappa shape index (κ3) is 2.71. The van der Waals surface area contributed by atoms with Crippen molar-refractivity contribution < 1.29 is 4.74 Å². The number of ether oxygens (including phenoxy) is 1. The molecule has 84 valence electrons. The van der Waals surface area contributed by atoms with Gasteiger partial charge in [0.25, 0.3) is 0 Å². The Bertz CT molecular complexity index is 313. The van der Waals surface area contributed by atoms with Crippen molar-refractivity contribution in [2.24, 2.45) is 0 Å². The Labute approximate surface area is 94.6 Å². The van der Waals surface area contributed by atoms with Crippen molar-refractivity contribution in [1.82, 2.24) is 5.32 Å². The summed E-state index contributed by atoms with van der Waals surface area (Å²) in [4.78, 5) is 1.25. The maximum atomic E-state index is 5.82. The molecule has 1 saturated carbocycles. The number of nitrogens with one attached hydrogen (secondary N) is 1. The summed E-state index contributed by atoms with van der Waals surface area (Å²) in [5.74, 6) is 0. The van der Waals surface area contributed by atoms with Crippen LogP contribution < -0.4 is 11.1 Å². The highest BCUT2D eigenvalue weighted by Gasteiger charge is 2.23. The SMILES string of the molecule is COC1CCC(NCc2sccc2N)C1. The van der Waals surface area contributed by atoms with Gasteiger partial charge in [-0.25, -0.2) is 0 Å². The molecule has 1 aromatic rings. The van der Waals surface area contributed by atoms with Gasteiger partial charge in [0.15, 0.2) is 0 Å². The van der Waals surface area contributed by atoms with Crippen LogP contribution in [0.25, 0.3) is 0 Å². The molecule has 1 aliphatic rings. The van der Waals surface area contributed by atoms with Crippen molar-refractivity contribution >= 4 is 17.0 Å². The van der Waals surface area contributed by atoms with Gasteiger partial charge in [-0.15, -0.1) is 11.3 Å². The fourth-order valence-electron chi connectivity index (χ4n) is 2.07. The van der Waals surface area contributed by atoms with Crippen LogP contribution in [-0.2, 0) is 11.3 Å². The number of anilines is 1. The zero-order valence-electron chi connectivity index (χ0n) is 9.03. The van der Waals surface area contributed by atoms with Gasteiger partial charge in [-0.1, -0.05) is 0 Å². The summed E-state index contributed by atoms with van der Waals surface area (Å²) in [5, 5.41) is 5.58. The zero-order chi connectivity index (χ0) is 10.7. The number of methoxy groups -OCH3 is 1. The fraction of sp³-hybridized carbons (Fsp3) is 0.636. The molecule has 1 aromatic heterocycles. The number of nitrogens with two attached hydrogens (primary N) is 1. The van der Waals surface area contributed by atoms with E-state index in [4.69, 9.17) is 10.5 Å².